The number of carbonyl (C=O) groups excluding carboxylic acids is 1. The van der Waals surface area contributed by atoms with E-state index in [1.54, 1.807) is 24.3 Å². The van der Waals surface area contributed by atoms with Gasteiger partial charge in [0.1, 0.15) is 0 Å². The molecule has 1 aromatic rings. The molecule has 3 rings (SSSR count). The Kier molecular flexibility index (Phi) is 7.54. The highest BCUT2D eigenvalue weighted by molar-refractivity contribution is 7.89. The van der Waals surface area contributed by atoms with Crippen LogP contribution < -0.4 is 5.32 Å². The lowest BCUT2D eigenvalue weighted by molar-refractivity contribution is 0.109. The van der Waals surface area contributed by atoms with Gasteiger partial charge < -0.3 is 10.2 Å². The van der Waals surface area contributed by atoms with E-state index >= 15 is 0 Å². The first-order chi connectivity index (χ1) is 14.0. The first kappa shape index (κ1) is 22.1. The summed E-state index contributed by atoms with van der Waals surface area (Å²) < 4.78 is 26.5. The molecule has 1 heterocycles. The maximum atomic E-state index is 12.5. The van der Waals surface area contributed by atoms with Gasteiger partial charge in [-0.25, -0.2) is 13.2 Å². The van der Waals surface area contributed by atoms with Gasteiger partial charge in [0, 0.05) is 51.9 Å². The Hall–Kier alpha value is -1.64. The second-order valence-corrected chi connectivity index (χ2v) is 9.79. The van der Waals surface area contributed by atoms with E-state index in [4.69, 9.17) is 0 Å². The van der Waals surface area contributed by atoms with Crippen LogP contribution in [0.25, 0.3) is 0 Å². The van der Waals surface area contributed by atoms with E-state index in [1.165, 1.54) is 30.0 Å². The van der Waals surface area contributed by atoms with Crippen LogP contribution in [0.3, 0.4) is 0 Å². The van der Waals surface area contributed by atoms with Crippen molar-refractivity contribution in [2.75, 3.05) is 39.3 Å². The molecule has 0 spiro atoms. The molecular formula is C21H34N4O3S. The van der Waals surface area contributed by atoms with Gasteiger partial charge in [0.25, 0.3) is 0 Å². The van der Waals surface area contributed by atoms with Crippen LogP contribution in [0.2, 0.25) is 0 Å². The molecule has 1 saturated carbocycles. The van der Waals surface area contributed by atoms with Gasteiger partial charge in [-0.15, -0.1) is 0 Å². The van der Waals surface area contributed by atoms with E-state index in [2.05, 4.69) is 10.2 Å². The molecular weight excluding hydrogens is 388 g/mol. The lowest BCUT2D eigenvalue weighted by atomic mass is 10.2. The van der Waals surface area contributed by atoms with Crippen LogP contribution in [0.1, 0.15) is 45.1 Å². The molecule has 0 radical (unpaired) electrons. The number of urea groups is 1. The van der Waals surface area contributed by atoms with Gasteiger partial charge in [-0.3, -0.25) is 4.90 Å². The summed E-state index contributed by atoms with van der Waals surface area (Å²) in [5.41, 5.74) is 0.890. The SMILES string of the molecule is CCN(CC)S(=O)(=O)c1ccc(CNC(=O)N2CCN(C3CCCC3)CC2)cc1. The van der Waals surface area contributed by atoms with Crippen molar-refractivity contribution < 1.29 is 13.2 Å². The molecule has 1 aliphatic heterocycles. The minimum atomic E-state index is -3.45. The van der Waals surface area contributed by atoms with Gasteiger partial charge in [-0.2, -0.15) is 4.31 Å². The van der Waals surface area contributed by atoms with E-state index in [0.29, 0.717) is 30.6 Å². The van der Waals surface area contributed by atoms with Crippen LogP contribution >= 0.6 is 0 Å². The third-order valence-electron chi connectivity index (χ3n) is 6.15. The quantitative estimate of drug-likeness (QED) is 0.733. The van der Waals surface area contributed by atoms with Crippen molar-refractivity contribution in [3.05, 3.63) is 29.8 Å². The number of piperazine rings is 1. The maximum Gasteiger partial charge on any atom is 0.317 e. The van der Waals surface area contributed by atoms with E-state index in [0.717, 1.165) is 31.7 Å². The summed E-state index contributed by atoms with van der Waals surface area (Å²) in [6.45, 7) is 8.40. The molecule has 1 aromatic carbocycles. The predicted octanol–water partition coefficient (Wildman–Crippen LogP) is 2.49. The summed E-state index contributed by atoms with van der Waals surface area (Å²) >= 11 is 0. The van der Waals surface area contributed by atoms with Gasteiger partial charge in [0.05, 0.1) is 4.90 Å². The Morgan fingerprint density at radius 1 is 1.03 bits per heavy atom. The molecule has 162 valence electrons. The largest absolute Gasteiger partial charge is 0.334 e. The summed E-state index contributed by atoms with van der Waals surface area (Å²) in [4.78, 5) is 17.2. The van der Waals surface area contributed by atoms with Crippen LogP contribution in [0.4, 0.5) is 4.79 Å². The zero-order valence-corrected chi connectivity index (χ0v) is 18.5. The molecule has 8 heteroatoms. The summed E-state index contributed by atoms with van der Waals surface area (Å²) in [5.74, 6) is 0. The molecule has 2 amide bonds. The highest BCUT2D eigenvalue weighted by atomic mass is 32.2. The minimum Gasteiger partial charge on any atom is -0.334 e. The molecule has 2 fully saturated rings. The maximum absolute atomic E-state index is 12.5. The van der Waals surface area contributed by atoms with E-state index in [9.17, 15) is 13.2 Å². The van der Waals surface area contributed by atoms with Crippen LogP contribution in [-0.4, -0.2) is 73.9 Å². The molecule has 1 saturated heterocycles. The van der Waals surface area contributed by atoms with Crippen molar-refractivity contribution in [1.29, 1.82) is 0 Å². The smallest absolute Gasteiger partial charge is 0.317 e. The van der Waals surface area contributed by atoms with Crippen molar-refractivity contribution in [3.8, 4) is 0 Å². The monoisotopic (exact) mass is 422 g/mol. The first-order valence-corrected chi connectivity index (χ1v) is 12.3. The van der Waals surface area contributed by atoms with E-state index < -0.39 is 10.0 Å². The molecule has 0 aromatic heterocycles. The second kappa shape index (κ2) is 9.91. The number of carbonyl (C=O) groups is 1. The van der Waals surface area contributed by atoms with Crippen molar-refractivity contribution in [2.45, 2.75) is 57.0 Å². The van der Waals surface area contributed by atoms with Gasteiger partial charge in [0.15, 0.2) is 0 Å². The van der Waals surface area contributed by atoms with E-state index in [1.807, 2.05) is 18.7 Å². The van der Waals surface area contributed by atoms with Gasteiger partial charge in [-0.1, -0.05) is 38.8 Å². The Balaban J connectivity index is 1.48. The first-order valence-electron chi connectivity index (χ1n) is 10.8. The van der Waals surface area contributed by atoms with Crippen molar-refractivity contribution in [1.82, 2.24) is 19.4 Å². The lowest BCUT2D eigenvalue weighted by Gasteiger charge is -2.38. The lowest BCUT2D eigenvalue weighted by Crippen LogP contribution is -2.53. The fraction of sp³-hybridized carbons (Fsp3) is 0.667. The van der Waals surface area contributed by atoms with Crippen LogP contribution in [-0.2, 0) is 16.6 Å². The number of hydrogen-bond donors (Lipinski definition) is 1. The average molecular weight is 423 g/mol. The summed E-state index contributed by atoms with van der Waals surface area (Å²) in [5, 5.41) is 2.96. The molecule has 0 unspecified atom stereocenters. The Morgan fingerprint density at radius 2 is 1.62 bits per heavy atom. The predicted molar refractivity (Wildman–Crippen MR) is 114 cm³/mol. The van der Waals surface area contributed by atoms with Gasteiger partial charge >= 0.3 is 6.03 Å². The number of sulfonamides is 1. The topological polar surface area (TPSA) is 73.0 Å². The molecule has 0 atom stereocenters. The fourth-order valence-electron chi connectivity index (χ4n) is 4.34. The summed E-state index contributed by atoms with van der Waals surface area (Å²) in [7, 11) is -3.45. The normalized spacial score (nSPS) is 19.1. The molecule has 7 nitrogen and oxygen atoms in total. The van der Waals surface area contributed by atoms with E-state index in [-0.39, 0.29) is 6.03 Å². The van der Waals surface area contributed by atoms with Crippen LogP contribution in [0.15, 0.2) is 29.2 Å². The number of rotatable bonds is 7. The highest BCUT2D eigenvalue weighted by Crippen LogP contribution is 2.24. The summed E-state index contributed by atoms with van der Waals surface area (Å²) in [6, 6.07) is 7.45. The second-order valence-electron chi connectivity index (χ2n) is 7.85. The zero-order valence-electron chi connectivity index (χ0n) is 17.6. The average Bonchev–Trinajstić information content (AvgIpc) is 3.28. The third kappa shape index (κ3) is 5.29. The molecule has 1 N–H and O–H groups in total. The van der Waals surface area contributed by atoms with Crippen LogP contribution in [0, 0.1) is 0 Å². The molecule has 29 heavy (non-hydrogen) atoms. The zero-order chi connectivity index (χ0) is 20.9. The summed E-state index contributed by atoms with van der Waals surface area (Å²) in [6.07, 6.45) is 5.26. The number of amides is 2. The van der Waals surface area contributed by atoms with Gasteiger partial charge in [-0.05, 0) is 30.5 Å². The third-order valence-corrected chi connectivity index (χ3v) is 8.22. The Labute approximate surface area is 175 Å². The number of benzene rings is 1. The van der Waals surface area contributed by atoms with Crippen molar-refractivity contribution in [2.24, 2.45) is 0 Å². The number of hydrogen-bond acceptors (Lipinski definition) is 4. The molecule has 2 aliphatic rings. The standard InChI is InChI=1S/C21H34N4O3S/c1-3-25(4-2)29(27,28)20-11-9-18(10-12-20)17-22-21(26)24-15-13-23(14-16-24)19-7-5-6-8-19/h9-12,19H,3-8,13-17H2,1-2H3,(H,22,26). The Morgan fingerprint density at radius 3 is 2.17 bits per heavy atom. The van der Waals surface area contributed by atoms with Gasteiger partial charge in [0.2, 0.25) is 10.0 Å². The van der Waals surface area contributed by atoms with Crippen molar-refractivity contribution in [3.63, 3.8) is 0 Å². The number of nitrogens with one attached hydrogen (secondary N) is 1. The number of nitrogens with zero attached hydrogens (tertiary/aromatic N) is 3. The molecule has 0 bridgehead atoms. The van der Waals surface area contributed by atoms with Crippen LogP contribution in [0.5, 0.6) is 0 Å². The van der Waals surface area contributed by atoms with Crippen molar-refractivity contribution >= 4 is 16.1 Å². The highest BCUT2D eigenvalue weighted by Gasteiger charge is 2.27. The molecule has 1 aliphatic carbocycles. The Bertz CT molecular complexity index is 764. The minimum absolute atomic E-state index is 0.0455. The fourth-order valence-corrected chi connectivity index (χ4v) is 5.80.